The van der Waals surface area contributed by atoms with Gasteiger partial charge in [0.15, 0.2) is 11.0 Å². The van der Waals surface area contributed by atoms with Gasteiger partial charge in [0.1, 0.15) is 6.04 Å². The van der Waals surface area contributed by atoms with E-state index < -0.39 is 12.0 Å². The molecule has 19 heavy (non-hydrogen) atoms. The molecule has 0 aliphatic carbocycles. The summed E-state index contributed by atoms with van der Waals surface area (Å²) < 4.78 is 5.08. The van der Waals surface area contributed by atoms with Crippen LogP contribution in [-0.2, 0) is 4.79 Å². The summed E-state index contributed by atoms with van der Waals surface area (Å²) in [4.78, 5) is 26.4. The van der Waals surface area contributed by atoms with Gasteiger partial charge in [-0.25, -0.2) is 0 Å². The minimum atomic E-state index is -0.849. The molecule has 1 aromatic rings. The van der Waals surface area contributed by atoms with Crippen molar-refractivity contribution in [2.75, 3.05) is 26.2 Å². The SMILES string of the molecule is CC(C(=O)O)N1CCN(C(=O)c2ccc(Cl)o2)CC1. The molecular weight excluding hydrogens is 272 g/mol. The van der Waals surface area contributed by atoms with Gasteiger partial charge in [-0.2, -0.15) is 0 Å². The van der Waals surface area contributed by atoms with Crippen molar-refractivity contribution in [2.24, 2.45) is 0 Å². The molecule has 0 bridgehead atoms. The number of hydrogen-bond acceptors (Lipinski definition) is 4. The first kappa shape index (κ1) is 13.9. The molecular formula is C12H15ClN2O4. The normalized spacial score (nSPS) is 18.3. The van der Waals surface area contributed by atoms with E-state index in [-0.39, 0.29) is 16.9 Å². The average molecular weight is 287 g/mol. The third kappa shape index (κ3) is 3.08. The Morgan fingerprint density at radius 2 is 1.95 bits per heavy atom. The molecule has 0 saturated carbocycles. The topological polar surface area (TPSA) is 74.0 Å². The predicted octanol–water partition coefficient (Wildman–Crippen LogP) is 1.16. The number of piperazine rings is 1. The molecule has 7 heteroatoms. The van der Waals surface area contributed by atoms with E-state index in [2.05, 4.69) is 0 Å². The Balaban J connectivity index is 1.93. The van der Waals surface area contributed by atoms with Gasteiger partial charge in [-0.15, -0.1) is 0 Å². The highest BCUT2D eigenvalue weighted by Crippen LogP contribution is 2.16. The van der Waals surface area contributed by atoms with E-state index in [0.717, 1.165) is 0 Å². The van der Waals surface area contributed by atoms with Gasteiger partial charge in [0, 0.05) is 26.2 Å². The minimum absolute atomic E-state index is 0.182. The lowest BCUT2D eigenvalue weighted by Crippen LogP contribution is -2.53. The Bertz CT molecular complexity index is 480. The lowest BCUT2D eigenvalue weighted by atomic mass is 10.2. The maximum atomic E-state index is 12.1. The van der Waals surface area contributed by atoms with E-state index in [9.17, 15) is 9.59 Å². The van der Waals surface area contributed by atoms with E-state index >= 15 is 0 Å². The Morgan fingerprint density at radius 3 is 2.42 bits per heavy atom. The van der Waals surface area contributed by atoms with Crippen LogP contribution in [0.15, 0.2) is 16.5 Å². The first-order chi connectivity index (χ1) is 8.99. The minimum Gasteiger partial charge on any atom is -0.480 e. The van der Waals surface area contributed by atoms with E-state index in [0.29, 0.717) is 26.2 Å². The van der Waals surface area contributed by atoms with Crippen molar-refractivity contribution >= 4 is 23.5 Å². The van der Waals surface area contributed by atoms with E-state index in [4.69, 9.17) is 21.1 Å². The highest BCUT2D eigenvalue weighted by Gasteiger charge is 2.28. The Hall–Kier alpha value is -1.53. The second-order valence-corrected chi connectivity index (χ2v) is 4.82. The number of halogens is 1. The van der Waals surface area contributed by atoms with Crippen LogP contribution in [0.2, 0.25) is 5.22 Å². The lowest BCUT2D eigenvalue weighted by molar-refractivity contribution is -0.143. The van der Waals surface area contributed by atoms with Crippen molar-refractivity contribution < 1.29 is 19.1 Å². The molecule has 1 N–H and O–H groups in total. The number of carbonyl (C=O) groups excluding carboxylic acids is 1. The lowest BCUT2D eigenvalue weighted by Gasteiger charge is -2.36. The molecule has 2 heterocycles. The molecule has 6 nitrogen and oxygen atoms in total. The van der Waals surface area contributed by atoms with Crippen LogP contribution in [0.3, 0.4) is 0 Å². The van der Waals surface area contributed by atoms with Crippen molar-refractivity contribution in [3.8, 4) is 0 Å². The van der Waals surface area contributed by atoms with Gasteiger partial charge in [-0.1, -0.05) is 0 Å². The predicted molar refractivity (Wildman–Crippen MR) is 68.3 cm³/mol. The highest BCUT2D eigenvalue weighted by molar-refractivity contribution is 6.29. The maximum Gasteiger partial charge on any atom is 0.320 e. The quantitative estimate of drug-likeness (QED) is 0.903. The Kier molecular flexibility index (Phi) is 4.11. The molecule has 0 aromatic carbocycles. The number of amides is 1. The second kappa shape index (κ2) is 5.63. The third-order valence-corrected chi connectivity index (χ3v) is 3.49. The number of carbonyl (C=O) groups is 2. The summed E-state index contributed by atoms with van der Waals surface area (Å²) in [6.45, 7) is 3.68. The van der Waals surface area contributed by atoms with Crippen molar-refractivity contribution in [2.45, 2.75) is 13.0 Å². The summed E-state index contributed by atoms with van der Waals surface area (Å²) >= 11 is 5.63. The summed E-state index contributed by atoms with van der Waals surface area (Å²) in [7, 11) is 0. The zero-order chi connectivity index (χ0) is 14.0. The molecule has 1 aliphatic heterocycles. The largest absolute Gasteiger partial charge is 0.480 e. The monoisotopic (exact) mass is 286 g/mol. The molecule has 1 fully saturated rings. The zero-order valence-electron chi connectivity index (χ0n) is 10.5. The molecule has 0 spiro atoms. The van der Waals surface area contributed by atoms with Crippen LogP contribution in [0.1, 0.15) is 17.5 Å². The van der Waals surface area contributed by atoms with Crippen LogP contribution >= 0.6 is 11.6 Å². The van der Waals surface area contributed by atoms with Crippen molar-refractivity contribution in [1.29, 1.82) is 0 Å². The Labute approximate surface area is 115 Å². The van der Waals surface area contributed by atoms with Gasteiger partial charge >= 0.3 is 5.97 Å². The standard InChI is InChI=1S/C12H15ClN2O4/c1-8(12(17)18)14-4-6-15(7-5-14)11(16)9-2-3-10(13)19-9/h2-3,8H,4-7H2,1H3,(H,17,18). The first-order valence-corrected chi connectivity index (χ1v) is 6.38. The van der Waals surface area contributed by atoms with Gasteiger partial charge in [-0.3, -0.25) is 14.5 Å². The zero-order valence-corrected chi connectivity index (χ0v) is 11.3. The van der Waals surface area contributed by atoms with Gasteiger partial charge in [-0.05, 0) is 30.7 Å². The summed E-state index contributed by atoms with van der Waals surface area (Å²) in [5, 5.41) is 9.12. The van der Waals surface area contributed by atoms with Crippen molar-refractivity contribution in [3.05, 3.63) is 23.1 Å². The number of hydrogen-bond donors (Lipinski definition) is 1. The van der Waals surface area contributed by atoms with Gasteiger partial charge < -0.3 is 14.4 Å². The molecule has 0 radical (unpaired) electrons. The highest BCUT2D eigenvalue weighted by atomic mass is 35.5. The number of aliphatic carboxylic acids is 1. The molecule has 1 amide bonds. The number of carboxylic acid groups (broad SMARTS) is 1. The molecule has 1 aliphatic rings. The molecule has 2 rings (SSSR count). The second-order valence-electron chi connectivity index (χ2n) is 4.45. The van der Waals surface area contributed by atoms with Crippen LogP contribution < -0.4 is 0 Å². The number of carboxylic acids is 1. The van der Waals surface area contributed by atoms with Crippen LogP contribution in [0, 0.1) is 0 Å². The molecule has 1 atom stereocenters. The van der Waals surface area contributed by atoms with E-state index in [1.807, 2.05) is 4.90 Å². The summed E-state index contributed by atoms with van der Waals surface area (Å²) in [6.07, 6.45) is 0. The number of furan rings is 1. The fourth-order valence-electron chi connectivity index (χ4n) is 2.05. The summed E-state index contributed by atoms with van der Waals surface area (Å²) in [5.41, 5.74) is 0. The third-order valence-electron chi connectivity index (χ3n) is 3.29. The van der Waals surface area contributed by atoms with Crippen molar-refractivity contribution in [3.63, 3.8) is 0 Å². The van der Waals surface area contributed by atoms with Crippen molar-refractivity contribution in [1.82, 2.24) is 9.80 Å². The smallest absolute Gasteiger partial charge is 0.320 e. The molecule has 1 unspecified atom stereocenters. The molecule has 1 aromatic heterocycles. The van der Waals surface area contributed by atoms with Crippen LogP contribution in [0.4, 0.5) is 0 Å². The summed E-state index contributed by atoms with van der Waals surface area (Å²) in [6, 6.07) is 2.53. The first-order valence-electron chi connectivity index (χ1n) is 6.00. The molecule has 104 valence electrons. The average Bonchev–Trinajstić information content (AvgIpc) is 2.84. The fraction of sp³-hybridized carbons (Fsp3) is 0.500. The molecule has 1 saturated heterocycles. The van der Waals surface area contributed by atoms with E-state index in [1.54, 1.807) is 11.8 Å². The van der Waals surface area contributed by atoms with Gasteiger partial charge in [0.05, 0.1) is 0 Å². The van der Waals surface area contributed by atoms with Crippen LogP contribution in [-0.4, -0.2) is 59.0 Å². The van der Waals surface area contributed by atoms with Crippen LogP contribution in [0.25, 0.3) is 0 Å². The maximum absolute atomic E-state index is 12.1. The van der Waals surface area contributed by atoms with Gasteiger partial charge in [0.2, 0.25) is 0 Å². The summed E-state index contributed by atoms with van der Waals surface area (Å²) in [5.74, 6) is -0.850. The van der Waals surface area contributed by atoms with E-state index in [1.165, 1.54) is 12.1 Å². The van der Waals surface area contributed by atoms with Gasteiger partial charge in [0.25, 0.3) is 5.91 Å². The fourth-order valence-corrected chi connectivity index (χ4v) is 2.20. The Morgan fingerprint density at radius 1 is 1.32 bits per heavy atom. The number of rotatable bonds is 3. The van der Waals surface area contributed by atoms with Crippen LogP contribution in [0.5, 0.6) is 0 Å². The number of nitrogens with zero attached hydrogens (tertiary/aromatic N) is 2.